The molecule has 1 heterocycles. The molecule has 2 N–H and O–H groups in total. The number of nitro groups is 1. The number of nitrogens with zero attached hydrogens (tertiary/aromatic N) is 2. The Morgan fingerprint density at radius 3 is 2.71 bits per heavy atom. The summed E-state index contributed by atoms with van der Waals surface area (Å²) in [6.07, 6.45) is 1.99. The van der Waals surface area contributed by atoms with Gasteiger partial charge in [-0.05, 0) is 38.5 Å². The molecule has 1 aliphatic rings. The van der Waals surface area contributed by atoms with Gasteiger partial charge in [-0.2, -0.15) is 0 Å². The maximum atomic E-state index is 11.4. The van der Waals surface area contributed by atoms with Crippen LogP contribution in [0.25, 0.3) is 0 Å². The van der Waals surface area contributed by atoms with Crippen molar-refractivity contribution in [3.05, 3.63) is 39.4 Å². The Balaban J connectivity index is 2.24. The van der Waals surface area contributed by atoms with Crippen LogP contribution >= 0.6 is 0 Å². The molecule has 0 unspecified atom stereocenters. The fourth-order valence-electron chi connectivity index (χ4n) is 2.76. The maximum Gasteiger partial charge on any atom is 0.343 e. The number of rotatable bonds is 5. The van der Waals surface area contributed by atoms with E-state index in [4.69, 9.17) is 0 Å². The van der Waals surface area contributed by atoms with Gasteiger partial charge >= 0.3 is 5.97 Å². The third kappa shape index (κ3) is 3.56. The van der Waals surface area contributed by atoms with E-state index in [1.54, 1.807) is 6.07 Å². The maximum absolute atomic E-state index is 11.4. The van der Waals surface area contributed by atoms with Crippen molar-refractivity contribution in [1.82, 2.24) is 10.2 Å². The summed E-state index contributed by atoms with van der Waals surface area (Å²) in [7, 11) is 1.93. The SMILES string of the molecule is CN(Cc1cccc([N+](=O)[O-])c1C(=O)O)C1CCNCC1. The first-order chi connectivity index (χ1) is 10.0. The first-order valence-corrected chi connectivity index (χ1v) is 6.91. The molecule has 0 bridgehead atoms. The van der Waals surface area contributed by atoms with E-state index in [2.05, 4.69) is 10.2 Å². The van der Waals surface area contributed by atoms with Crippen LogP contribution < -0.4 is 5.32 Å². The van der Waals surface area contributed by atoms with Crippen molar-refractivity contribution in [2.45, 2.75) is 25.4 Å². The van der Waals surface area contributed by atoms with E-state index in [0.29, 0.717) is 18.2 Å². The predicted molar refractivity (Wildman–Crippen MR) is 77.4 cm³/mol. The second-order valence-electron chi connectivity index (χ2n) is 5.27. The van der Waals surface area contributed by atoms with Gasteiger partial charge < -0.3 is 10.4 Å². The third-order valence-corrected chi connectivity index (χ3v) is 3.89. The highest BCUT2D eigenvalue weighted by molar-refractivity contribution is 5.94. The van der Waals surface area contributed by atoms with Crippen molar-refractivity contribution in [2.75, 3.05) is 20.1 Å². The normalized spacial score (nSPS) is 16.1. The van der Waals surface area contributed by atoms with Crippen LogP contribution in [-0.2, 0) is 6.54 Å². The van der Waals surface area contributed by atoms with Gasteiger partial charge in [0.25, 0.3) is 5.69 Å². The number of hydrogen-bond acceptors (Lipinski definition) is 5. The fraction of sp³-hybridized carbons (Fsp3) is 0.500. The van der Waals surface area contributed by atoms with Crippen molar-refractivity contribution in [1.29, 1.82) is 0 Å². The molecule has 1 aromatic carbocycles. The minimum Gasteiger partial charge on any atom is -0.477 e. The smallest absolute Gasteiger partial charge is 0.343 e. The molecule has 2 rings (SSSR count). The topological polar surface area (TPSA) is 95.7 Å². The molecule has 1 saturated heterocycles. The second kappa shape index (κ2) is 6.64. The average Bonchev–Trinajstić information content (AvgIpc) is 2.47. The molecule has 0 spiro atoms. The van der Waals surface area contributed by atoms with E-state index in [1.807, 2.05) is 7.05 Å². The first-order valence-electron chi connectivity index (χ1n) is 6.91. The van der Waals surface area contributed by atoms with Gasteiger partial charge in [-0.3, -0.25) is 15.0 Å². The Hall–Kier alpha value is -1.99. The predicted octanol–water partition coefficient (Wildman–Crippen LogP) is 1.48. The molecular formula is C14H19N3O4. The first kappa shape index (κ1) is 15.4. The Morgan fingerprint density at radius 1 is 1.48 bits per heavy atom. The molecule has 0 aromatic heterocycles. The van der Waals surface area contributed by atoms with Gasteiger partial charge in [0.05, 0.1) is 4.92 Å². The number of nitro benzene ring substituents is 1. The molecule has 0 radical (unpaired) electrons. The van der Waals surface area contributed by atoms with E-state index in [0.717, 1.165) is 25.9 Å². The van der Waals surface area contributed by atoms with Crippen molar-refractivity contribution in [2.24, 2.45) is 0 Å². The number of carbonyl (C=O) groups is 1. The van der Waals surface area contributed by atoms with E-state index in [9.17, 15) is 20.0 Å². The van der Waals surface area contributed by atoms with E-state index >= 15 is 0 Å². The minimum absolute atomic E-state index is 0.205. The molecule has 114 valence electrons. The zero-order chi connectivity index (χ0) is 15.4. The fourth-order valence-corrected chi connectivity index (χ4v) is 2.76. The van der Waals surface area contributed by atoms with Crippen LogP contribution in [0.4, 0.5) is 5.69 Å². The van der Waals surface area contributed by atoms with Crippen molar-refractivity contribution in [3.63, 3.8) is 0 Å². The van der Waals surface area contributed by atoms with Crippen LogP contribution in [0.15, 0.2) is 18.2 Å². The summed E-state index contributed by atoms with van der Waals surface area (Å²) >= 11 is 0. The van der Waals surface area contributed by atoms with Gasteiger partial charge in [0.15, 0.2) is 0 Å². The number of carboxylic acid groups (broad SMARTS) is 1. The quantitative estimate of drug-likeness (QED) is 0.630. The van der Waals surface area contributed by atoms with Crippen molar-refractivity contribution in [3.8, 4) is 0 Å². The minimum atomic E-state index is -1.25. The molecule has 7 heteroatoms. The van der Waals surface area contributed by atoms with Gasteiger partial charge in [-0.15, -0.1) is 0 Å². The molecule has 0 aliphatic carbocycles. The summed E-state index contributed by atoms with van der Waals surface area (Å²) in [6, 6.07) is 4.79. The van der Waals surface area contributed by atoms with Crippen LogP contribution in [0.3, 0.4) is 0 Å². The number of nitrogens with one attached hydrogen (secondary N) is 1. The summed E-state index contributed by atoms with van der Waals surface area (Å²) in [6.45, 7) is 2.28. The van der Waals surface area contributed by atoms with Crippen LogP contribution in [0, 0.1) is 10.1 Å². The molecule has 1 fully saturated rings. The van der Waals surface area contributed by atoms with Crippen LogP contribution in [0.2, 0.25) is 0 Å². The highest BCUT2D eigenvalue weighted by Crippen LogP contribution is 2.24. The van der Waals surface area contributed by atoms with Gasteiger partial charge in [-0.1, -0.05) is 12.1 Å². The molecule has 7 nitrogen and oxygen atoms in total. The van der Waals surface area contributed by atoms with Gasteiger partial charge in [0, 0.05) is 18.7 Å². The largest absolute Gasteiger partial charge is 0.477 e. The second-order valence-corrected chi connectivity index (χ2v) is 5.27. The van der Waals surface area contributed by atoms with E-state index in [-0.39, 0.29) is 11.3 Å². The summed E-state index contributed by atoms with van der Waals surface area (Å²) < 4.78 is 0. The summed E-state index contributed by atoms with van der Waals surface area (Å²) in [4.78, 5) is 23.8. The Morgan fingerprint density at radius 2 is 2.14 bits per heavy atom. The van der Waals surface area contributed by atoms with Crippen molar-refractivity contribution < 1.29 is 14.8 Å². The summed E-state index contributed by atoms with van der Waals surface area (Å²) in [5.74, 6) is -1.25. The number of carboxylic acids is 1. The molecule has 1 aliphatic heterocycles. The lowest BCUT2D eigenvalue weighted by Gasteiger charge is -2.31. The zero-order valence-electron chi connectivity index (χ0n) is 11.9. The molecular weight excluding hydrogens is 274 g/mol. The Bertz CT molecular complexity index is 541. The zero-order valence-corrected chi connectivity index (χ0v) is 11.9. The highest BCUT2D eigenvalue weighted by atomic mass is 16.6. The standard InChI is InChI=1S/C14H19N3O4/c1-16(11-5-7-15-8-6-11)9-10-3-2-4-12(17(20)21)13(10)14(18)19/h2-4,11,15H,5-9H2,1H3,(H,18,19). The van der Waals surface area contributed by atoms with Crippen LogP contribution in [0.5, 0.6) is 0 Å². The lowest BCUT2D eigenvalue weighted by Crippen LogP contribution is -2.40. The molecule has 0 atom stereocenters. The summed E-state index contributed by atoms with van der Waals surface area (Å²) in [5.41, 5.74) is -0.0697. The molecule has 1 aromatic rings. The lowest BCUT2D eigenvalue weighted by molar-refractivity contribution is -0.385. The molecule has 21 heavy (non-hydrogen) atoms. The van der Waals surface area contributed by atoms with Crippen LogP contribution in [-0.4, -0.2) is 47.1 Å². The van der Waals surface area contributed by atoms with E-state index in [1.165, 1.54) is 12.1 Å². The van der Waals surface area contributed by atoms with Crippen molar-refractivity contribution >= 4 is 11.7 Å². The highest BCUT2D eigenvalue weighted by Gasteiger charge is 2.25. The van der Waals surface area contributed by atoms with Gasteiger partial charge in [0.1, 0.15) is 5.56 Å². The third-order valence-electron chi connectivity index (χ3n) is 3.89. The molecule has 0 saturated carbocycles. The number of hydrogen-bond donors (Lipinski definition) is 2. The average molecular weight is 293 g/mol. The number of aromatic carboxylic acids is 1. The molecule has 0 amide bonds. The number of piperidine rings is 1. The summed E-state index contributed by atoms with van der Waals surface area (Å²) in [5, 5.41) is 23.5. The number of benzene rings is 1. The van der Waals surface area contributed by atoms with Crippen LogP contribution in [0.1, 0.15) is 28.8 Å². The lowest BCUT2D eigenvalue weighted by atomic mass is 10.0. The van der Waals surface area contributed by atoms with Gasteiger partial charge in [0.2, 0.25) is 0 Å². The van der Waals surface area contributed by atoms with E-state index < -0.39 is 10.9 Å². The Kier molecular flexibility index (Phi) is 4.87. The van der Waals surface area contributed by atoms with Gasteiger partial charge in [-0.25, -0.2) is 4.79 Å². The monoisotopic (exact) mass is 293 g/mol. The Labute approximate surface area is 122 Å².